The molecule has 0 aromatic heterocycles. The fourth-order valence-corrected chi connectivity index (χ4v) is 20.0. The first-order chi connectivity index (χ1) is 19.5. The molecule has 44 heavy (non-hydrogen) atoms. The molecule has 6 nitrogen and oxygen atoms in total. The minimum atomic E-state index is -2.09. The van der Waals surface area contributed by atoms with E-state index in [9.17, 15) is 0 Å². The van der Waals surface area contributed by atoms with Gasteiger partial charge in [-0.3, -0.25) is 0 Å². The van der Waals surface area contributed by atoms with E-state index in [1.807, 2.05) is 0 Å². The maximum Gasteiger partial charge on any atom is 0.311 e. The van der Waals surface area contributed by atoms with Gasteiger partial charge in [0.2, 0.25) is 0 Å². The standard InChI is InChI=1S/C32H72O6Si3.3CH4/c1-33-32-35-28-24-20-16-12-11-15-19-23-27-31-40(5,6)38-41(7,8)37-39(3,4)30-26-22-18-14-10-9-13-17-21-25-29-36-34-2;;;/h9-32H2,1-8H3;3*1H4. The Labute approximate surface area is 281 Å². The number of hydrogen-bond donors (Lipinski definition) is 0. The van der Waals surface area contributed by atoms with Crippen LogP contribution >= 0.6 is 0 Å². The number of unbranched alkanes of at least 4 members (excludes halogenated alkanes) is 17. The van der Waals surface area contributed by atoms with E-state index in [1.54, 1.807) is 14.2 Å². The Kier molecular flexibility index (Phi) is 38.8. The van der Waals surface area contributed by atoms with Gasteiger partial charge in [0.1, 0.15) is 6.79 Å². The summed E-state index contributed by atoms with van der Waals surface area (Å²) >= 11 is 0. The Hall–Kier alpha value is 0.411. The van der Waals surface area contributed by atoms with Gasteiger partial charge in [-0.25, -0.2) is 9.78 Å². The summed E-state index contributed by atoms with van der Waals surface area (Å²) < 4.78 is 23.9. The lowest BCUT2D eigenvalue weighted by atomic mass is 10.1. The molecule has 0 saturated carbocycles. The van der Waals surface area contributed by atoms with E-state index in [0.29, 0.717) is 6.79 Å². The molecule has 0 aliphatic heterocycles. The SMILES string of the molecule is C.C.C.COCOCCCCCCCCCCC[Si](C)(C)O[Si](C)(C)O[Si](C)(C)CCCCCCCCCCCCOOC. The molecular weight excluding hydrogens is 601 g/mol. The summed E-state index contributed by atoms with van der Waals surface area (Å²) in [6.07, 6.45) is 25.1. The van der Waals surface area contributed by atoms with Crippen LogP contribution in [0.5, 0.6) is 0 Å². The molecule has 0 unspecified atom stereocenters. The van der Waals surface area contributed by atoms with E-state index < -0.39 is 25.2 Å². The molecule has 0 bridgehead atoms. The summed E-state index contributed by atoms with van der Waals surface area (Å²) in [7, 11) is -2.21. The van der Waals surface area contributed by atoms with Crippen molar-refractivity contribution in [2.75, 3.05) is 34.2 Å². The molecule has 0 N–H and O–H groups in total. The van der Waals surface area contributed by atoms with Gasteiger partial charge < -0.3 is 17.7 Å². The van der Waals surface area contributed by atoms with E-state index >= 15 is 0 Å². The first-order valence-electron chi connectivity index (χ1n) is 17.2. The molecule has 0 fully saturated rings. The van der Waals surface area contributed by atoms with Gasteiger partial charge in [0.15, 0.2) is 16.6 Å². The van der Waals surface area contributed by atoms with Gasteiger partial charge in [0, 0.05) is 13.7 Å². The van der Waals surface area contributed by atoms with Gasteiger partial charge in [-0.2, -0.15) is 0 Å². The fraction of sp³-hybridized carbons (Fsp3) is 1.00. The summed E-state index contributed by atoms with van der Waals surface area (Å²) in [6, 6.07) is 2.53. The number of rotatable bonds is 32. The average molecular weight is 685 g/mol. The fourth-order valence-electron chi connectivity index (χ4n) is 5.80. The van der Waals surface area contributed by atoms with E-state index in [2.05, 4.69) is 44.2 Å². The molecule has 0 aliphatic rings. The number of hydrogen-bond acceptors (Lipinski definition) is 6. The minimum Gasteiger partial charge on any atom is -0.437 e. The monoisotopic (exact) mass is 685 g/mol. The molecule has 0 aromatic rings. The third kappa shape index (κ3) is 36.9. The van der Waals surface area contributed by atoms with Crippen LogP contribution in [-0.4, -0.2) is 59.4 Å². The Balaban J connectivity index is -0.00000267. The second-order valence-corrected chi connectivity index (χ2v) is 26.1. The van der Waals surface area contributed by atoms with Gasteiger partial charge in [-0.15, -0.1) is 0 Å². The van der Waals surface area contributed by atoms with Crippen molar-refractivity contribution in [2.24, 2.45) is 0 Å². The zero-order valence-electron chi connectivity index (χ0n) is 28.9. The van der Waals surface area contributed by atoms with Crippen molar-refractivity contribution in [3.8, 4) is 0 Å². The van der Waals surface area contributed by atoms with Crippen LogP contribution in [0.4, 0.5) is 0 Å². The molecule has 0 radical (unpaired) electrons. The van der Waals surface area contributed by atoms with Crippen LogP contribution in [0.2, 0.25) is 51.4 Å². The van der Waals surface area contributed by atoms with Gasteiger partial charge in [-0.05, 0) is 64.2 Å². The zero-order valence-corrected chi connectivity index (χ0v) is 31.9. The number of methoxy groups -OCH3 is 1. The zero-order chi connectivity index (χ0) is 30.7. The van der Waals surface area contributed by atoms with Crippen molar-refractivity contribution in [3.05, 3.63) is 0 Å². The molecule has 0 atom stereocenters. The summed E-state index contributed by atoms with van der Waals surface area (Å²) in [5.41, 5.74) is 0. The first kappa shape index (κ1) is 51.2. The van der Waals surface area contributed by atoms with E-state index in [-0.39, 0.29) is 22.3 Å². The highest BCUT2D eigenvalue weighted by atomic mass is 28.5. The Morgan fingerprint density at radius 3 is 1.07 bits per heavy atom. The Morgan fingerprint density at radius 1 is 0.409 bits per heavy atom. The van der Waals surface area contributed by atoms with Gasteiger partial charge in [0.05, 0.1) is 13.7 Å². The molecule has 0 aromatic carbocycles. The van der Waals surface area contributed by atoms with Crippen LogP contribution in [0, 0.1) is 0 Å². The summed E-state index contributed by atoms with van der Waals surface area (Å²) in [5, 5.41) is 0. The molecule has 0 amide bonds. The second kappa shape index (κ2) is 33.3. The van der Waals surface area contributed by atoms with Gasteiger partial charge in [-0.1, -0.05) is 131 Å². The minimum absolute atomic E-state index is 0. The Morgan fingerprint density at radius 2 is 0.727 bits per heavy atom. The predicted molar refractivity (Wildman–Crippen MR) is 203 cm³/mol. The van der Waals surface area contributed by atoms with Crippen molar-refractivity contribution in [3.63, 3.8) is 0 Å². The lowest BCUT2D eigenvalue weighted by Gasteiger charge is -2.39. The van der Waals surface area contributed by atoms with Crippen LogP contribution in [0.3, 0.4) is 0 Å². The molecule has 0 saturated heterocycles. The number of ether oxygens (including phenoxy) is 2. The molecule has 272 valence electrons. The normalized spacial score (nSPS) is 12.0. The van der Waals surface area contributed by atoms with Gasteiger partial charge in [0.25, 0.3) is 0 Å². The van der Waals surface area contributed by atoms with Crippen LogP contribution < -0.4 is 0 Å². The van der Waals surface area contributed by atoms with E-state index in [4.69, 9.17) is 22.6 Å². The quantitative estimate of drug-likeness (QED) is 0.0231. The summed E-state index contributed by atoms with van der Waals surface area (Å²) in [5.74, 6) is 0. The summed E-state index contributed by atoms with van der Waals surface area (Å²) in [6.45, 7) is 16.2. The molecule has 0 heterocycles. The molecule has 0 rings (SSSR count). The first-order valence-corrected chi connectivity index (χ1v) is 26.2. The van der Waals surface area contributed by atoms with Gasteiger partial charge >= 0.3 is 8.56 Å². The van der Waals surface area contributed by atoms with E-state index in [1.165, 1.54) is 121 Å². The molecular formula is C35H84O6Si3. The summed E-state index contributed by atoms with van der Waals surface area (Å²) in [4.78, 5) is 9.54. The lowest BCUT2D eigenvalue weighted by molar-refractivity contribution is -0.272. The maximum atomic E-state index is 6.85. The largest absolute Gasteiger partial charge is 0.437 e. The topological polar surface area (TPSA) is 55.4 Å². The van der Waals surface area contributed by atoms with Crippen LogP contribution in [0.25, 0.3) is 0 Å². The van der Waals surface area contributed by atoms with Crippen molar-refractivity contribution >= 4 is 25.2 Å². The molecule has 9 heteroatoms. The second-order valence-electron chi connectivity index (χ2n) is 13.6. The van der Waals surface area contributed by atoms with Crippen LogP contribution in [0.1, 0.15) is 144 Å². The highest BCUT2D eigenvalue weighted by Crippen LogP contribution is 2.27. The average Bonchev–Trinajstić information content (AvgIpc) is 2.88. The van der Waals surface area contributed by atoms with E-state index in [0.717, 1.165) is 26.1 Å². The third-order valence-corrected chi connectivity index (χ3v) is 19.2. The molecule has 0 spiro atoms. The Bertz CT molecular complexity index is 519. The van der Waals surface area contributed by atoms with Crippen molar-refractivity contribution in [1.29, 1.82) is 0 Å². The smallest absolute Gasteiger partial charge is 0.311 e. The highest BCUT2D eigenvalue weighted by Gasteiger charge is 2.39. The van der Waals surface area contributed by atoms with Crippen molar-refractivity contribution < 1.29 is 27.5 Å². The van der Waals surface area contributed by atoms with Crippen molar-refractivity contribution in [2.45, 2.75) is 196 Å². The van der Waals surface area contributed by atoms with Crippen LogP contribution in [0.15, 0.2) is 0 Å². The third-order valence-electron chi connectivity index (χ3n) is 7.69. The molecule has 0 aliphatic carbocycles. The maximum absolute atomic E-state index is 6.85. The van der Waals surface area contributed by atoms with Crippen LogP contribution in [-0.2, 0) is 27.5 Å². The lowest BCUT2D eigenvalue weighted by Crippen LogP contribution is -2.52. The predicted octanol–water partition coefficient (Wildman–Crippen LogP) is 12.7. The highest BCUT2D eigenvalue weighted by molar-refractivity contribution is 6.87. The van der Waals surface area contributed by atoms with Crippen molar-refractivity contribution in [1.82, 2.24) is 0 Å².